The zero-order valence-corrected chi connectivity index (χ0v) is 10.6. The van der Waals surface area contributed by atoms with Crippen LogP contribution in [0.4, 0.5) is 0 Å². The highest BCUT2D eigenvalue weighted by molar-refractivity contribution is 9.10. The Hall–Kier alpha value is -1.16. The predicted octanol–water partition coefficient (Wildman–Crippen LogP) is 2.85. The molecule has 0 saturated carbocycles. The normalized spacial score (nSPS) is 14.5. The molecule has 0 bridgehead atoms. The number of rotatable bonds is 3. The van der Waals surface area contributed by atoms with Gasteiger partial charge < -0.3 is 0 Å². The molecule has 84 valence electrons. The lowest BCUT2D eigenvalue weighted by Crippen LogP contribution is -2.30. The molecule has 0 saturated heterocycles. The lowest BCUT2D eigenvalue weighted by Gasteiger charge is -2.12. The number of halogens is 1. The molecule has 0 N–H and O–H groups in total. The molecule has 0 radical (unpaired) electrons. The number of unbranched alkanes of at least 4 members (excludes halogenated alkanes) is 1. The lowest BCUT2D eigenvalue weighted by atomic mass is 10.1. The monoisotopic (exact) mass is 281 g/mol. The molecule has 1 heterocycles. The van der Waals surface area contributed by atoms with Crippen LogP contribution in [0.2, 0.25) is 0 Å². The number of benzene rings is 1. The van der Waals surface area contributed by atoms with Gasteiger partial charge in [0.25, 0.3) is 11.8 Å². The van der Waals surface area contributed by atoms with Crippen LogP contribution >= 0.6 is 15.9 Å². The second-order valence-corrected chi connectivity index (χ2v) is 4.72. The van der Waals surface area contributed by atoms with Gasteiger partial charge in [-0.25, -0.2) is 0 Å². The Labute approximate surface area is 103 Å². The number of nitrogens with zero attached hydrogens (tertiary/aromatic N) is 1. The van der Waals surface area contributed by atoms with Crippen molar-refractivity contribution in [2.45, 2.75) is 19.8 Å². The van der Waals surface area contributed by atoms with Crippen LogP contribution in [0, 0.1) is 0 Å². The zero-order chi connectivity index (χ0) is 11.7. The van der Waals surface area contributed by atoms with Crippen molar-refractivity contribution in [3.05, 3.63) is 33.8 Å². The summed E-state index contributed by atoms with van der Waals surface area (Å²) in [6.07, 6.45) is 1.82. The van der Waals surface area contributed by atoms with E-state index in [2.05, 4.69) is 15.9 Å². The predicted molar refractivity (Wildman–Crippen MR) is 64.4 cm³/mol. The minimum absolute atomic E-state index is 0.166. The van der Waals surface area contributed by atoms with Crippen LogP contribution in [0.5, 0.6) is 0 Å². The minimum atomic E-state index is -0.172. The third-order valence-electron chi connectivity index (χ3n) is 2.67. The van der Waals surface area contributed by atoms with Gasteiger partial charge in [-0.1, -0.05) is 29.3 Å². The van der Waals surface area contributed by atoms with E-state index in [1.807, 2.05) is 6.92 Å². The van der Waals surface area contributed by atoms with Crippen molar-refractivity contribution in [3.63, 3.8) is 0 Å². The second-order valence-electron chi connectivity index (χ2n) is 3.81. The van der Waals surface area contributed by atoms with E-state index >= 15 is 0 Å². The molecule has 1 aromatic carbocycles. The third kappa shape index (κ3) is 1.78. The van der Waals surface area contributed by atoms with Gasteiger partial charge in [-0.05, 0) is 24.6 Å². The maximum absolute atomic E-state index is 11.9. The van der Waals surface area contributed by atoms with Gasteiger partial charge in [-0.15, -0.1) is 0 Å². The van der Waals surface area contributed by atoms with E-state index in [-0.39, 0.29) is 11.8 Å². The molecule has 2 rings (SSSR count). The molecule has 0 fully saturated rings. The van der Waals surface area contributed by atoms with Crippen molar-refractivity contribution in [3.8, 4) is 0 Å². The average Bonchev–Trinajstić information content (AvgIpc) is 2.50. The molecule has 1 aliphatic heterocycles. The molecular formula is C12H12BrNO2. The number of hydrogen-bond acceptors (Lipinski definition) is 2. The van der Waals surface area contributed by atoms with Gasteiger partial charge in [0.2, 0.25) is 0 Å². The number of imide groups is 1. The Balaban J connectivity index is 2.33. The SMILES string of the molecule is CCCCN1C(=O)c2ccc(Br)cc2C1=O. The fourth-order valence-corrected chi connectivity index (χ4v) is 2.14. The van der Waals surface area contributed by atoms with Crippen molar-refractivity contribution in [1.82, 2.24) is 4.90 Å². The lowest BCUT2D eigenvalue weighted by molar-refractivity contribution is 0.0652. The molecule has 1 aliphatic rings. The molecule has 2 amide bonds. The second kappa shape index (κ2) is 4.37. The van der Waals surface area contributed by atoms with Crippen LogP contribution < -0.4 is 0 Å². The van der Waals surface area contributed by atoms with Crippen molar-refractivity contribution in [1.29, 1.82) is 0 Å². The van der Waals surface area contributed by atoms with Crippen LogP contribution in [-0.2, 0) is 0 Å². The van der Waals surface area contributed by atoms with Crippen LogP contribution in [0.15, 0.2) is 22.7 Å². The highest BCUT2D eigenvalue weighted by Crippen LogP contribution is 2.26. The number of carbonyl (C=O) groups excluding carboxylic acids is 2. The third-order valence-corrected chi connectivity index (χ3v) is 3.16. The largest absolute Gasteiger partial charge is 0.274 e. The Morgan fingerprint density at radius 3 is 2.56 bits per heavy atom. The Bertz CT molecular complexity index is 456. The van der Waals surface area contributed by atoms with Gasteiger partial charge in [0, 0.05) is 11.0 Å². The summed E-state index contributed by atoms with van der Waals surface area (Å²) in [5.41, 5.74) is 1.03. The summed E-state index contributed by atoms with van der Waals surface area (Å²) in [5, 5.41) is 0. The van der Waals surface area contributed by atoms with Crippen molar-refractivity contribution < 1.29 is 9.59 Å². The fraction of sp³-hybridized carbons (Fsp3) is 0.333. The summed E-state index contributed by atoms with van der Waals surface area (Å²) in [6.45, 7) is 2.55. The maximum Gasteiger partial charge on any atom is 0.261 e. The topological polar surface area (TPSA) is 37.4 Å². The minimum Gasteiger partial charge on any atom is -0.274 e. The molecule has 0 aromatic heterocycles. The maximum atomic E-state index is 11.9. The highest BCUT2D eigenvalue weighted by atomic mass is 79.9. The quantitative estimate of drug-likeness (QED) is 0.799. The summed E-state index contributed by atoms with van der Waals surface area (Å²) < 4.78 is 0.824. The van der Waals surface area contributed by atoms with Crippen LogP contribution in [0.1, 0.15) is 40.5 Å². The number of hydrogen-bond donors (Lipinski definition) is 0. The summed E-state index contributed by atoms with van der Waals surface area (Å²) in [4.78, 5) is 25.2. The molecule has 4 heteroatoms. The Morgan fingerprint density at radius 2 is 1.88 bits per heavy atom. The van der Waals surface area contributed by atoms with E-state index in [4.69, 9.17) is 0 Å². The van der Waals surface area contributed by atoms with Gasteiger partial charge in [-0.3, -0.25) is 14.5 Å². The molecule has 0 aliphatic carbocycles. The van der Waals surface area contributed by atoms with Crippen LogP contribution in [-0.4, -0.2) is 23.3 Å². The summed E-state index contributed by atoms with van der Waals surface area (Å²) in [6, 6.07) is 5.19. The fourth-order valence-electron chi connectivity index (χ4n) is 1.78. The number of fused-ring (bicyclic) bond motifs is 1. The molecule has 0 unspecified atom stereocenters. The molecule has 16 heavy (non-hydrogen) atoms. The van der Waals surface area contributed by atoms with Gasteiger partial charge >= 0.3 is 0 Å². The van der Waals surface area contributed by atoms with E-state index in [1.54, 1.807) is 18.2 Å². The van der Waals surface area contributed by atoms with Gasteiger partial charge in [-0.2, -0.15) is 0 Å². The molecule has 1 aromatic rings. The number of amides is 2. The first-order valence-electron chi connectivity index (χ1n) is 5.31. The van der Waals surface area contributed by atoms with E-state index < -0.39 is 0 Å². The van der Waals surface area contributed by atoms with Crippen molar-refractivity contribution in [2.24, 2.45) is 0 Å². The smallest absolute Gasteiger partial charge is 0.261 e. The van der Waals surface area contributed by atoms with E-state index in [9.17, 15) is 9.59 Å². The molecule has 0 spiro atoms. The Kier molecular flexibility index (Phi) is 3.10. The summed E-state index contributed by atoms with van der Waals surface area (Å²) >= 11 is 3.30. The standard InChI is InChI=1S/C12H12BrNO2/c1-2-3-6-14-11(15)9-5-4-8(13)7-10(9)12(14)16/h4-5,7H,2-3,6H2,1H3. The molecular weight excluding hydrogens is 270 g/mol. The van der Waals surface area contributed by atoms with E-state index in [0.717, 1.165) is 17.3 Å². The molecule has 3 nitrogen and oxygen atoms in total. The van der Waals surface area contributed by atoms with Crippen LogP contribution in [0.3, 0.4) is 0 Å². The van der Waals surface area contributed by atoms with Gasteiger partial charge in [0.05, 0.1) is 11.1 Å². The van der Waals surface area contributed by atoms with Gasteiger partial charge in [0.1, 0.15) is 0 Å². The van der Waals surface area contributed by atoms with E-state index in [0.29, 0.717) is 17.7 Å². The molecule has 0 atom stereocenters. The van der Waals surface area contributed by atoms with Crippen LogP contribution in [0.25, 0.3) is 0 Å². The Morgan fingerprint density at radius 1 is 1.19 bits per heavy atom. The van der Waals surface area contributed by atoms with Gasteiger partial charge in [0.15, 0.2) is 0 Å². The average molecular weight is 282 g/mol. The first-order chi connectivity index (χ1) is 7.65. The van der Waals surface area contributed by atoms with Crippen molar-refractivity contribution >= 4 is 27.7 Å². The number of carbonyl (C=O) groups is 2. The zero-order valence-electron chi connectivity index (χ0n) is 9.00. The summed E-state index contributed by atoms with van der Waals surface area (Å²) in [7, 11) is 0. The summed E-state index contributed by atoms with van der Waals surface area (Å²) in [5.74, 6) is -0.337. The van der Waals surface area contributed by atoms with E-state index in [1.165, 1.54) is 4.90 Å². The first-order valence-corrected chi connectivity index (χ1v) is 6.10. The van der Waals surface area contributed by atoms with Crippen molar-refractivity contribution in [2.75, 3.05) is 6.54 Å². The highest BCUT2D eigenvalue weighted by Gasteiger charge is 2.34. The first kappa shape index (κ1) is 11.3.